The summed E-state index contributed by atoms with van der Waals surface area (Å²) in [6, 6.07) is 0. The summed E-state index contributed by atoms with van der Waals surface area (Å²) in [6.07, 6.45) is 3.82. The van der Waals surface area contributed by atoms with Crippen molar-refractivity contribution in [3.63, 3.8) is 0 Å². The number of allylic oxidation sites excluding steroid dienone is 1. The van der Waals surface area contributed by atoms with Gasteiger partial charge >= 0.3 is 0 Å². The summed E-state index contributed by atoms with van der Waals surface area (Å²) in [5, 5.41) is 10.1. The zero-order valence-corrected chi connectivity index (χ0v) is 8.71. The Balaban J connectivity index is 2.99. The number of hydrogen-bond acceptors (Lipinski definition) is 3. The van der Waals surface area contributed by atoms with Crippen molar-refractivity contribution in [2.75, 3.05) is 0 Å². The summed E-state index contributed by atoms with van der Waals surface area (Å²) in [4.78, 5) is 0.904. The second-order valence-corrected chi connectivity index (χ2v) is 3.65. The highest BCUT2D eigenvalue weighted by Crippen LogP contribution is 1.90. The number of aromatic nitrogens is 1. The van der Waals surface area contributed by atoms with E-state index < -0.39 is 0 Å². The standard InChI is InChI=1S/C9H13N3S/c1-4-5-12-6-7-13-9(12)11-10-8(2)3/h4,6-7H,1,5H2,2-3H3. The maximum Gasteiger partial charge on any atom is 0.210 e. The molecule has 1 aromatic heterocycles. The Hall–Kier alpha value is -1.16. The molecule has 0 fully saturated rings. The van der Waals surface area contributed by atoms with E-state index in [1.807, 2.05) is 36.1 Å². The van der Waals surface area contributed by atoms with Crippen LogP contribution in [-0.2, 0) is 6.54 Å². The van der Waals surface area contributed by atoms with Gasteiger partial charge in [0.15, 0.2) is 0 Å². The van der Waals surface area contributed by atoms with Crippen molar-refractivity contribution in [1.82, 2.24) is 4.57 Å². The molecule has 0 saturated heterocycles. The second kappa shape index (κ2) is 4.77. The Morgan fingerprint density at radius 2 is 2.46 bits per heavy atom. The van der Waals surface area contributed by atoms with Gasteiger partial charge in [0.05, 0.1) is 0 Å². The van der Waals surface area contributed by atoms with Crippen LogP contribution < -0.4 is 4.80 Å². The molecule has 0 spiro atoms. The van der Waals surface area contributed by atoms with E-state index in [1.54, 1.807) is 11.3 Å². The smallest absolute Gasteiger partial charge is 0.210 e. The molecule has 0 radical (unpaired) electrons. The zero-order chi connectivity index (χ0) is 9.68. The molecule has 4 heteroatoms. The molecular weight excluding hydrogens is 182 g/mol. The Bertz CT molecular complexity index is 366. The van der Waals surface area contributed by atoms with Crippen molar-refractivity contribution in [3.8, 4) is 0 Å². The van der Waals surface area contributed by atoms with Crippen LogP contribution in [0, 0.1) is 0 Å². The average Bonchev–Trinajstić information content (AvgIpc) is 2.49. The van der Waals surface area contributed by atoms with Crippen LogP contribution in [0.1, 0.15) is 13.8 Å². The monoisotopic (exact) mass is 195 g/mol. The van der Waals surface area contributed by atoms with Gasteiger partial charge in [-0.2, -0.15) is 5.10 Å². The summed E-state index contributed by atoms with van der Waals surface area (Å²) in [5.41, 5.74) is 0.957. The first-order chi connectivity index (χ1) is 6.24. The lowest BCUT2D eigenvalue weighted by Crippen LogP contribution is -2.12. The third kappa shape index (κ3) is 2.99. The van der Waals surface area contributed by atoms with Crippen LogP contribution in [0.3, 0.4) is 0 Å². The lowest BCUT2D eigenvalue weighted by Gasteiger charge is -1.93. The minimum Gasteiger partial charge on any atom is -0.318 e. The Labute approximate surface area is 81.8 Å². The molecule has 0 unspecified atom stereocenters. The Kier molecular flexibility index (Phi) is 3.64. The van der Waals surface area contributed by atoms with Crippen LogP contribution in [0.25, 0.3) is 0 Å². The molecule has 70 valence electrons. The minimum atomic E-state index is 0.778. The Morgan fingerprint density at radius 1 is 1.69 bits per heavy atom. The lowest BCUT2D eigenvalue weighted by atomic mass is 10.5. The van der Waals surface area contributed by atoms with Crippen LogP contribution in [-0.4, -0.2) is 10.3 Å². The van der Waals surface area contributed by atoms with Gasteiger partial charge in [0, 0.05) is 23.8 Å². The highest BCUT2D eigenvalue weighted by molar-refractivity contribution is 7.07. The van der Waals surface area contributed by atoms with Gasteiger partial charge in [-0.15, -0.1) is 23.0 Å². The van der Waals surface area contributed by atoms with Gasteiger partial charge in [0.1, 0.15) is 0 Å². The van der Waals surface area contributed by atoms with Crippen molar-refractivity contribution in [3.05, 3.63) is 29.0 Å². The van der Waals surface area contributed by atoms with Crippen molar-refractivity contribution in [2.45, 2.75) is 20.4 Å². The highest BCUT2D eigenvalue weighted by atomic mass is 32.1. The van der Waals surface area contributed by atoms with Crippen LogP contribution in [0.4, 0.5) is 0 Å². The molecule has 0 aliphatic rings. The number of thiazole rings is 1. The van der Waals surface area contributed by atoms with Crippen molar-refractivity contribution < 1.29 is 0 Å². The van der Waals surface area contributed by atoms with Gasteiger partial charge in [-0.05, 0) is 13.8 Å². The molecule has 0 bridgehead atoms. The van der Waals surface area contributed by atoms with E-state index in [-0.39, 0.29) is 0 Å². The molecule has 0 aliphatic carbocycles. The molecule has 1 aromatic rings. The van der Waals surface area contributed by atoms with E-state index in [0.717, 1.165) is 17.1 Å². The van der Waals surface area contributed by atoms with Gasteiger partial charge in [-0.25, -0.2) is 0 Å². The van der Waals surface area contributed by atoms with Crippen LogP contribution in [0.15, 0.2) is 34.4 Å². The van der Waals surface area contributed by atoms with E-state index in [4.69, 9.17) is 0 Å². The molecule has 1 heterocycles. The van der Waals surface area contributed by atoms with Gasteiger partial charge in [0.25, 0.3) is 0 Å². The first-order valence-corrected chi connectivity index (χ1v) is 4.91. The second-order valence-electron chi connectivity index (χ2n) is 2.77. The highest BCUT2D eigenvalue weighted by Gasteiger charge is 1.90. The fourth-order valence-electron chi connectivity index (χ4n) is 0.798. The van der Waals surface area contributed by atoms with Crippen LogP contribution in [0.5, 0.6) is 0 Å². The van der Waals surface area contributed by atoms with Gasteiger partial charge in [0.2, 0.25) is 4.80 Å². The molecule has 0 aromatic carbocycles. The predicted octanol–water partition coefficient (Wildman–Crippen LogP) is 2.03. The number of nitrogens with zero attached hydrogens (tertiary/aromatic N) is 3. The molecule has 0 atom stereocenters. The normalized spacial score (nSPS) is 11.4. The van der Waals surface area contributed by atoms with E-state index >= 15 is 0 Å². The maximum absolute atomic E-state index is 4.11. The average molecular weight is 195 g/mol. The molecule has 0 saturated carbocycles. The fourth-order valence-corrected chi connectivity index (χ4v) is 1.49. The summed E-state index contributed by atoms with van der Waals surface area (Å²) in [5.74, 6) is 0. The van der Waals surface area contributed by atoms with Crippen LogP contribution in [0.2, 0.25) is 0 Å². The van der Waals surface area contributed by atoms with Gasteiger partial charge in [-0.3, -0.25) is 0 Å². The minimum absolute atomic E-state index is 0.778. The van der Waals surface area contributed by atoms with E-state index in [1.165, 1.54) is 0 Å². The first-order valence-electron chi connectivity index (χ1n) is 4.03. The van der Waals surface area contributed by atoms with E-state index in [9.17, 15) is 0 Å². The fraction of sp³-hybridized carbons (Fsp3) is 0.333. The van der Waals surface area contributed by atoms with E-state index in [2.05, 4.69) is 16.8 Å². The zero-order valence-electron chi connectivity index (χ0n) is 7.90. The molecule has 0 amide bonds. The summed E-state index contributed by atoms with van der Waals surface area (Å²) < 4.78 is 2.00. The van der Waals surface area contributed by atoms with Gasteiger partial charge < -0.3 is 4.57 Å². The molecule has 1 rings (SSSR count). The van der Waals surface area contributed by atoms with Crippen molar-refractivity contribution in [1.29, 1.82) is 0 Å². The molecule has 0 aliphatic heterocycles. The third-order valence-corrected chi connectivity index (χ3v) is 2.11. The molecule has 3 nitrogen and oxygen atoms in total. The number of hydrogen-bond donors (Lipinski definition) is 0. The van der Waals surface area contributed by atoms with Crippen LogP contribution >= 0.6 is 11.3 Å². The first kappa shape index (κ1) is 9.92. The Morgan fingerprint density at radius 3 is 3.08 bits per heavy atom. The summed E-state index contributed by atoms with van der Waals surface area (Å²) in [7, 11) is 0. The molecule has 0 N–H and O–H groups in total. The van der Waals surface area contributed by atoms with Gasteiger partial charge in [-0.1, -0.05) is 6.08 Å². The van der Waals surface area contributed by atoms with Crippen molar-refractivity contribution in [2.24, 2.45) is 10.2 Å². The molecule has 13 heavy (non-hydrogen) atoms. The topological polar surface area (TPSA) is 29.6 Å². The quantitative estimate of drug-likeness (QED) is 0.401. The number of rotatable bonds is 3. The summed E-state index contributed by atoms with van der Waals surface area (Å²) >= 11 is 1.57. The molecular formula is C9H13N3S. The van der Waals surface area contributed by atoms with Crippen molar-refractivity contribution >= 4 is 17.0 Å². The third-order valence-electron chi connectivity index (χ3n) is 1.32. The predicted molar refractivity (Wildman–Crippen MR) is 56.9 cm³/mol. The largest absolute Gasteiger partial charge is 0.318 e. The SMILES string of the molecule is C=CCn1ccsc1=NN=C(C)C. The van der Waals surface area contributed by atoms with E-state index in [0.29, 0.717) is 0 Å². The lowest BCUT2D eigenvalue weighted by molar-refractivity contribution is 0.780. The summed E-state index contributed by atoms with van der Waals surface area (Å²) in [6.45, 7) is 8.31. The maximum atomic E-state index is 4.11.